The number of ether oxygens (including phenoxy) is 1. The average molecular weight is 459 g/mol. The van der Waals surface area contributed by atoms with E-state index in [4.69, 9.17) is 9.72 Å². The summed E-state index contributed by atoms with van der Waals surface area (Å²) in [6.45, 7) is 2.09. The van der Waals surface area contributed by atoms with Crippen molar-refractivity contribution >= 4 is 29.2 Å². The minimum atomic E-state index is -0.375. The molecule has 0 saturated heterocycles. The van der Waals surface area contributed by atoms with E-state index in [1.807, 2.05) is 24.3 Å². The molecule has 160 valence electrons. The van der Waals surface area contributed by atoms with Crippen molar-refractivity contribution in [1.82, 2.24) is 15.2 Å². The molecular formula is C25H22N4OS2. The molecule has 3 aromatic carbocycles. The molecule has 32 heavy (non-hydrogen) atoms. The Balaban J connectivity index is 1.46. The fraction of sp³-hybridized carbons (Fsp3) is 0.160. The van der Waals surface area contributed by atoms with Crippen LogP contribution in [0.4, 0.5) is 5.69 Å². The minimum Gasteiger partial charge on any atom is -0.448 e. The molecule has 1 aliphatic heterocycles. The van der Waals surface area contributed by atoms with Gasteiger partial charge in [-0.2, -0.15) is 4.98 Å². The highest BCUT2D eigenvalue weighted by Crippen LogP contribution is 2.39. The van der Waals surface area contributed by atoms with E-state index in [0.717, 1.165) is 22.6 Å². The number of aryl methyl sites for hydroxylation is 1. The fourth-order valence-corrected chi connectivity index (χ4v) is 4.61. The first kappa shape index (κ1) is 20.8. The second-order valence-electron chi connectivity index (χ2n) is 7.48. The summed E-state index contributed by atoms with van der Waals surface area (Å²) >= 11 is 3.27. The summed E-state index contributed by atoms with van der Waals surface area (Å²) in [7, 11) is 0. The van der Waals surface area contributed by atoms with Crippen molar-refractivity contribution in [2.75, 3.05) is 11.6 Å². The second kappa shape index (κ2) is 9.22. The van der Waals surface area contributed by atoms with E-state index in [1.54, 1.807) is 23.5 Å². The van der Waals surface area contributed by atoms with Crippen molar-refractivity contribution in [3.63, 3.8) is 0 Å². The van der Waals surface area contributed by atoms with Gasteiger partial charge in [0, 0.05) is 27.5 Å². The van der Waals surface area contributed by atoms with Crippen molar-refractivity contribution in [3.8, 4) is 17.1 Å². The summed E-state index contributed by atoms with van der Waals surface area (Å²) in [5, 5.41) is 13.0. The van der Waals surface area contributed by atoms with Crippen LogP contribution >= 0.6 is 23.5 Å². The molecule has 5 rings (SSSR count). The molecule has 0 radical (unpaired) electrons. The SMILES string of the molecule is CSc1ccc(C2Nc3ccccc3-c3nnc(SCc4ccc(C)cc4)nc3O2)cc1. The third kappa shape index (κ3) is 4.45. The Morgan fingerprint density at radius 1 is 0.938 bits per heavy atom. The normalized spacial score (nSPS) is 14.5. The molecule has 1 atom stereocenters. The first-order valence-corrected chi connectivity index (χ1v) is 12.5. The van der Waals surface area contributed by atoms with E-state index in [2.05, 4.69) is 77.2 Å². The average Bonchev–Trinajstić information content (AvgIpc) is 3.00. The van der Waals surface area contributed by atoms with Gasteiger partial charge in [-0.3, -0.25) is 0 Å². The molecule has 1 N–H and O–H groups in total. The Morgan fingerprint density at radius 2 is 1.72 bits per heavy atom. The van der Waals surface area contributed by atoms with E-state index in [-0.39, 0.29) is 6.23 Å². The molecule has 0 aliphatic carbocycles. The smallest absolute Gasteiger partial charge is 0.247 e. The molecule has 2 heterocycles. The van der Waals surface area contributed by atoms with Crippen LogP contribution in [-0.4, -0.2) is 21.4 Å². The molecule has 0 bridgehead atoms. The van der Waals surface area contributed by atoms with E-state index in [9.17, 15) is 0 Å². The highest BCUT2D eigenvalue weighted by molar-refractivity contribution is 7.98. The fourth-order valence-electron chi connectivity index (χ4n) is 3.47. The molecule has 5 nitrogen and oxygen atoms in total. The Morgan fingerprint density at radius 3 is 2.50 bits per heavy atom. The van der Waals surface area contributed by atoms with Gasteiger partial charge in [-0.15, -0.1) is 22.0 Å². The topological polar surface area (TPSA) is 59.9 Å². The van der Waals surface area contributed by atoms with Gasteiger partial charge in [0.15, 0.2) is 11.9 Å². The Labute approximate surface area is 196 Å². The molecule has 1 unspecified atom stereocenters. The molecule has 0 saturated carbocycles. The zero-order valence-corrected chi connectivity index (χ0v) is 19.4. The lowest BCUT2D eigenvalue weighted by Gasteiger charge is -2.19. The lowest BCUT2D eigenvalue weighted by atomic mass is 10.1. The predicted molar refractivity (Wildman–Crippen MR) is 131 cm³/mol. The Kier molecular flexibility index (Phi) is 6.01. The summed E-state index contributed by atoms with van der Waals surface area (Å²) in [4.78, 5) is 5.95. The van der Waals surface area contributed by atoms with E-state index in [0.29, 0.717) is 16.7 Å². The van der Waals surface area contributed by atoms with Gasteiger partial charge in [0.05, 0.1) is 0 Å². The van der Waals surface area contributed by atoms with Crippen LogP contribution in [0.25, 0.3) is 11.3 Å². The Hall–Kier alpha value is -3.03. The third-order valence-corrected chi connectivity index (χ3v) is 6.89. The number of nitrogens with zero attached hydrogens (tertiary/aromatic N) is 3. The van der Waals surface area contributed by atoms with Gasteiger partial charge in [-0.1, -0.05) is 71.9 Å². The van der Waals surface area contributed by atoms with Crippen LogP contribution in [0, 0.1) is 6.92 Å². The van der Waals surface area contributed by atoms with Gasteiger partial charge in [-0.25, -0.2) is 0 Å². The molecule has 1 aliphatic rings. The number of para-hydroxylation sites is 1. The van der Waals surface area contributed by atoms with Crippen LogP contribution < -0.4 is 10.1 Å². The molecule has 0 amide bonds. The van der Waals surface area contributed by atoms with Crippen LogP contribution in [0.1, 0.15) is 22.9 Å². The number of nitrogens with one attached hydrogen (secondary N) is 1. The van der Waals surface area contributed by atoms with Gasteiger partial charge in [-0.05, 0) is 36.9 Å². The first-order valence-electron chi connectivity index (χ1n) is 10.3. The van der Waals surface area contributed by atoms with E-state index in [1.165, 1.54) is 16.0 Å². The quantitative estimate of drug-likeness (QED) is 0.349. The number of thioether (sulfide) groups is 2. The molecule has 4 aromatic rings. The molecule has 1 aromatic heterocycles. The number of hydrogen-bond donors (Lipinski definition) is 1. The standard InChI is InChI=1S/C25H22N4OS2/c1-16-7-9-17(10-8-16)15-32-25-27-24-22(28-29-25)20-5-3-4-6-21(20)26-23(30-24)18-11-13-19(31-2)14-12-18/h3-14,23,26H,15H2,1-2H3. The maximum absolute atomic E-state index is 6.36. The summed E-state index contributed by atoms with van der Waals surface area (Å²) in [6, 6.07) is 24.9. The lowest BCUT2D eigenvalue weighted by molar-refractivity contribution is 0.225. The maximum Gasteiger partial charge on any atom is 0.247 e. The lowest BCUT2D eigenvalue weighted by Crippen LogP contribution is -2.17. The molecule has 0 fully saturated rings. The van der Waals surface area contributed by atoms with Crippen molar-refractivity contribution < 1.29 is 4.74 Å². The molecule has 7 heteroatoms. The van der Waals surface area contributed by atoms with Crippen molar-refractivity contribution in [1.29, 1.82) is 0 Å². The van der Waals surface area contributed by atoms with Gasteiger partial charge in [0.25, 0.3) is 0 Å². The van der Waals surface area contributed by atoms with Crippen molar-refractivity contribution in [2.24, 2.45) is 0 Å². The predicted octanol–water partition coefficient (Wildman–Crippen LogP) is 6.36. The van der Waals surface area contributed by atoms with Crippen LogP contribution in [0.3, 0.4) is 0 Å². The van der Waals surface area contributed by atoms with Crippen LogP contribution in [0.5, 0.6) is 5.88 Å². The zero-order chi connectivity index (χ0) is 21.9. The zero-order valence-electron chi connectivity index (χ0n) is 17.8. The van der Waals surface area contributed by atoms with Crippen LogP contribution in [0.15, 0.2) is 82.8 Å². The highest BCUT2D eigenvalue weighted by atomic mass is 32.2. The van der Waals surface area contributed by atoms with E-state index < -0.39 is 0 Å². The van der Waals surface area contributed by atoms with Gasteiger partial charge >= 0.3 is 0 Å². The summed E-state index contributed by atoms with van der Waals surface area (Å²) < 4.78 is 6.36. The van der Waals surface area contributed by atoms with Gasteiger partial charge < -0.3 is 10.1 Å². The summed E-state index contributed by atoms with van der Waals surface area (Å²) in [6.07, 6.45) is 1.69. The number of benzene rings is 3. The summed E-state index contributed by atoms with van der Waals surface area (Å²) in [5.41, 5.74) is 6.02. The number of hydrogen-bond acceptors (Lipinski definition) is 7. The number of aromatic nitrogens is 3. The summed E-state index contributed by atoms with van der Waals surface area (Å²) in [5.74, 6) is 1.26. The number of fused-ring (bicyclic) bond motifs is 3. The van der Waals surface area contributed by atoms with Gasteiger partial charge in [0.2, 0.25) is 11.0 Å². The van der Waals surface area contributed by atoms with Crippen molar-refractivity contribution in [3.05, 3.63) is 89.5 Å². The molecule has 0 spiro atoms. The van der Waals surface area contributed by atoms with E-state index >= 15 is 0 Å². The molecular weight excluding hydrogens is 436 g/mol. The number of rotatable bonds is 5. The first-order chi connectivity index (χ1) is 15.7. The second-order valence-corrected chi connectivity index (χ2v) is 9.31. The number of anilines is 1. The maximum atomic E-state index is 6.36. The monoisotopic (exact) mass is 458 g/mol. The minimum absolute atomic E-state index is 0.375. The highest BCUT2D eigenvalue weighted by Gasteiger charge is 2.26. The van der Waals surface area contributed by atoms with Crippen LogP contribution in [-0.2, 0) is 5.75 Å². The largest absolute Gasteiger partial charge is 0.448 e. The van der Waals surface area contributed by atoms with Crippen molar-refractivity contribution in [2.45, 2.75) is 29.0 Å². The third-order valence-electron chi connectivity index (χ3n) is 5.24. The van der Waals surface area contributed by atoms with Gasteiger partial charge in [0.1, 0.15) is 0 Å². The Bertz CT molecular complexity index is 1230. The van der Waals surface area contributed by atoms with Crippen LogP contribution in [0.2, 0.25) is 0 Å².